The van der Waals surface area contributed by atoms with Crippen LogP contribution in [0.2, 0.25) is 0 Å². The molecule has 2 aromatic rings. The van der Waals surface area contributed by atoms with Gasteiger partial charge in [0.2, 0.25) is 0 Å². The van der Waals surface area contributed by atoms with E-state index >= 15 is 0 Å². The molecule has 0 radical (unpaired) electrons. The third-order valence-electron chi connectivity index (χ3n) is 4.13. The molecule has 2 amide bonds. The Kier molecular flexibility index (Phi) is 5.69. The van der Waals surface area contributed by atoms with Crippen molar-refractivity contribution in [1.29, 1.82) is 0 Å². The molecular weight excluding hydrogens is 364 g/mol. The summed E-state index contributed by atoms with van der Waals surface area (Å²) in [5.41, 5.74) is 1.50. The van der Waals surface area contributed by atoms with Crippen molar-refractivity contribution in [2.24, 2.45) is 4.99 Å². The monoisotopic (exact) mass is 382 g/mol. The molecule has 0 unspecified atom stereocenters. The van der Waals surface area contributed by atoms with Gasteiger partial charge in [-0.15, -0.1) is 5.06 Å². The van der Waals surface area contributed by atoms with Gasteiger partial charge in [-0.1, -0.05) is 18.2 Å². The van der Waals surface area contributed by atoms with Crippen molar-refractivity contribution in [1.82, 2.24) is 5.06 Å². The number of carbonyl (C=O) groups is 3. The molecule has 0 saturated carbocycles. The second kappa shape index (κ2) is 8.34. The van der Waals surface area contributed by atoms with E-state index in [0.29, 0.717) is 16.3 Å². The summed E-state index contributed by atoms with van der Waals surface area (Å²) in [5.74, 6) is -1.72. The highest BCUT2D eigenvalue weighted by Crippen LogP contribution is 2.26. The predicted octanol–water partition coefficient (Wildman–Crippen LogP) is 2.39. The van der Waals surface area contributed by atoms with Gasteiger partial charge in [0.25, 0.3) is 11.8 Å². The van der Waals surface area contributed by atoms with Gasteiger partial charge in [0.05, 0.1) is 6.42 Å². The Morgan fingerprint density at radius 1 is 1.07 bits per heavy atom. The Morgan fingerprint density at radius 2 is 1.79 bits per heavy atom. The number of benzene rings is 2. The molecule has 8 nitrogen and oxygen atoms in total. The van der Waals surface area contributed by atoms with Crippen LogP contribution in [0, 0.1) is 0 Å². The van der Waals surface area contributed by atoms with Crippen LogP contribution in [-0.2, 0) is 25.6 Å². The average Bonchev–Trinajstić information content (AvgIpc) is 2.99. The number of phenolic OH excluding ortho intramolecular Hbond substituents is 2. The molecule has 1 aliphatic rings. The second-order valence-corrected chi connectivity index (χ2v) is 6.19. The lowest BCUT2D eigenvalue weighted by atomic mass is 10.1. The topological polar surface area (TPSA) is 116 Å². The Labute approximate surface area is 160 Å². The van der Waals surface area contributed by atoms with E-state index in [4.69, 9.17) is 4.84 Å². The molecule has 1 saturated heterocycles. The van der Waals surface area contributed by atoms with Gasteiger partial charge in [0.15, 0.2) is 0 Å². The predicted molar refractivity (Wildman–Crippen MR) is 99.0 cm³/mol. The normalized spacial score (nSPS) is 14.1. The fourth-order valence-corrected chi connectivity index (χ4v) is 2.63. The molecule has 2 aromatic carbocycles. The van der Waals surface area contributed by atoms with Crippen LogP contribution in [0.3, 0.4) is 0 Å². The number of carbonyl (C=O) groups excluding carboxylic acids is 3. The molecule has 144 valence electrons. The quantitative estimate of drug-likeness (QED) is 0.585. The fraction of sp³-hybridized carbons (Fsp3) is 0.200. The molecule has 0 aromatic heterocycles. The number of hydroxylamine groups is 2. The summed E-state index contributed by atoms with van der Waals surface area (Å²) in [6, 6.07) is 11.3. The summed E-state index contributed by atoms with van der Waals surface area (Å²) in [6.07, 6.45) is 1.74. The Hall–Kier alpha value is -3.68. The summed E-state index contributed by atoms with van der Waals surface area (Å²) in [6.45, 7) is 0. The minimum atomic E-state index is -0.693. The van der Waals surface area contributed by atoms with Gasteiger partial charge in [0.1, 0.15) is 17.2 Å². The van der Waals surface area contributed by atoms with Crippen LogP contribution in [0.5, 0.6) is 11.5 Å². The lowest BCUT2D eigenvalue weighted by Crippen LogP contribution is -2.32. The maximum atomic E-state index is 11.9. The van der Waals surface area contributed by atoms with Gasteiger partial charge >= 0.3 is 5.97 Å². The second-order valence-electron chi connectivity index (χ2n) is 6.19. The van der Waals surface area contributed by atoms with Crippen molar-refractivity contribution in [3.05, 3.63) is 53.6 Å². The molecule has 0 spiro atoms. The number of nitrogens with zero attached hydrogens (tertiary/aromatic N) is 2. The van der Waals surface area contributed by atoms with Crippen LogP contribution >= 0.6 is 0 Å². The van der Waals surface area contributed by atoms with E-state index in [2.05, 4.69) is 4.99 Å². The summed E-state index contributed by atoms with van der Waals surface area (Å²) >= 11 is 0. The van der Waals surface area contributed by atoms with E-state index in [-0.39, 0.29) is 37.2 Å². The van der Waals surface area contributed by atoms with E-state index in [1.165, 1.54) is 18.3 Å². The number of amides is 2. The Morgan fingerprint density at radius 3 is 2.50 bits per heavy atom. The molecule has 28 heavy (non-hydrogen) atoms. The van der Waals surface area contributed by atoms with Crippen LogP contribution in [0.4, 0.5) is 5.69 Å². The first-order valence-corrected chi connectivity index (χ1v) is 8.64. The summed E-state index contributed by atoms with van der Waals surface area (Å²) in [5, 5.41) is 20.2. The third-order valence-corrected chi connectivity index (χ3v) is 4.13. The van der Waals surface area contributed by atoms with Crippen LogP contribution < -0.4 is 0 Å². The lowest BCUT2D eigenvalue weighted by molar-refractivity contribution is -0.197. The minimum Gasteiger partial charge on any atom is -0.507 e. The number of hydrogen-bond donors (Lipinski definition) is 2. The number of phenols is 2. The first-order chi connectivity index (χ1) is 13.4. The van der Waals surface area contributed by atoms with Crippen molar-refractivity contribution in [3.63, 3.8) is 0 Å². The van der Waals surface area contributed by atoms with Crippen molar-refractivity contribution in [3.8, 4) is 11.5 Å². The van der Waals surface area contributed by atoms with Crippen molar-refractivity contribution in [2.45, 2.75) is 25.7 Å². The van der Waals surface area contributed by atoms with Crippen molar-refractivity contribution in [2.75, 3.05) is 0 Å². The summed E-state index contributed by atoms with van der Waals surface area (Å²) in [4.78, 5) is 43.8. The zero-order valence-corrected chi connectivity index (χ0v) is 14.9. The van der Waals surface area contributed by atoms with Gasteiger partial charge < -0.3 is 15.1 Å². The van der Waals surface area contributed by atoms with Crippen molar-refractivity contribution < 1.29 is 29.4 Å². The standard InChI is InChI=1S/C20H18N2O6/c23-16-7-5-13(6-10-20(27)28-22-18(25)8-9-19(22)26)11-14(16)12-21-15-3-1-2-4-17(15)24/h1-5,7,11-12,23-24H,6,8-10H2. The first-order valence-electron chi connectivity index (χ1n) is 8.64. The number of rotatable bonds is 6. The number of aliphatic imine (C=N–C) groups is 1. The van der Waals surface area contributed by atoms with E-state index in [1.54, 1.807) is 30.3 Å². The number of imide groups is 1. The highest BCUT2D eigenvalue weighted by Gasteiger charge is 2.32. The maximum absolute atomic E-state index is 11.9. The number of aromatic hydroxyl groups is 2. The van der Waals surface area contributed by atoms with Crippen LogP contribution in [0.15, 0.2) is 47.5 Å². The third kappa shape index (κ3) is 4.53. The molecule has 2 N–H and O–H groups in total. The molecule has 0 atom stereocenters. The largest absolute Gasteiger partial charge is 0.507 e. The van der Waals surface area contributed by atoms with Gasteiger partial charge in [-0.05, 0) is 36.2 Å². The average molecular weight is 382 g/mol. The highest BCUT2D eigenvalue weighted by atomic mass is 16.7. The highest BCUT2D eigenvalue weighted by molar-refractivity contribution is 6.01. The molecule has 1 aliphatic heterocycles. The van der Waals surface area contributed by atoms with Crippen LogP contribution in [0.1, 0.15) is 30.4 Å². The molecule has 8 heteroatoms. The smallest absolute Gasteiger partial charge is 0.333 e. The van der Waals surface area contributed by atoms with E-state index in [9.17, 15) is 24.6 Å². The van der Waals surface area contributed by atoms with Crippen LogP contribution in [0.25, 0.3) is 0 Å². The molecular formula is C20H18N2O6. The van der Waals surface area contributed by atoms with Gasteiger partial charge in [0, 0.05) is 24.6 Å². The zero-order chi connectivity index (χ0) is 20.1. The van der Waals surface area contributed by atoms with Crippen LogP contribution in [-0.4, -0.2) is 39.3 Å². The fourth-order valence-electron chi connectivity index (χ4n) is 2.63. The SMILES string of the molecule is O=C(CCc1ccc(O)c(C=Nc2ccccc2O)c1)ON1C(=O)CCC1=O. The Balaban J connectivity index is 1.63. The zero-order valence-electron chi connectivity index (χ0n) is 14.9. The number of hydrogen-bond acceptors (Lipinski definition) is 7. The molecule has 3 rings (SSSR count). The summed E-state index contributed by atoms with van der Waals surface area (Å²) in [7, 11) is 0. The van der Waals surface area contributed by atoms with Crippen molar-refractivity contribution >= 4 is 29.7 Å². The molecule has 1 heterocycles. The Bertz CT molecular complexity index is 937. The van der Waals surface area contributed by atoms with Gasteiger partial charge in [-0.25, -0.2) is 4.79 Å². The van der Waals surface area contributed by atoms with E-state index in [1.807, 2.05) is 0 Å². The summed E-state index contributed by atoms with van der Waals surface area (Å²) < 4.78 is 0. The minimum absolute atomic E-state index is 0.00115. The maximum Gasteiger partial charge on any atom is 0.333 e. The first kappa shape index (κ1) is 19.1. The van der Waals surface area contributed by atoms with Gasteiger partial charge in [-0.2, -0.15) is 0 Å². The van der Waals surface area contributed by atoms with E-state index in [0.717, 1.165) is 5.56 Å². The van der Waals surface area contributed by atoms with E-state index < -0.39 is 17.8 Å². The molecule has 0 bridgehead atoms. The number of aryl methyl sites for hydroxylation is 1. The lowest BCUT2D eigenvalue weighted by Gasteiger charge is -2.12. The van der Waals surface area contributed by atoms with Gasteiger partial charge in [-0.3, -0.25) is 14.6 Å². The molecule has 0 aliphatic carbocycles. The molecule has 1 fully saturated rings. The number of para-hydroxylation sites is 2.